The topological polar surface area (TPSA) is 59.6 Å². The fourth-order valence-electron chi connectivity index (χ4n) is 2.73. The van der Waals surface area contributed by atoms with Crippen LogP contribution >= 0.6 is 0 Å². The summed E-state index contributed by atoms with van der Waals surface area (Å²) in [6, 6.07) is 25.1. The van der Waals surface area contributed by atoms with E-state index in [9.17, 15) is 4.79 Å². The van der Waals surface area contributed by atoms with Crippen molar-refractivity contribution in [3.05, 3.63) is 95.6 Å². The predicted octanol–water partition coefficient (Wildman–Crippen LogP) is 4.91. The number of carbonyl (C=O) groups is 1. The highest BCUT2D eigenvalue weighted by Gasteiger charge is 2.03. The lowest BCUT2D eigenvalue weighted by Gasteiger charge is -2.10. The molecule has 5 nitrogen and oxygen atoms in total. The molecule has 0 aliphatic carbocycles. The fourth-order valence-corrected chi connectivity index (χ4v) is 2.73. The van der Waals surface area contributed by atoms with Gasteiger partial charge in [0, 0.05) is 12.2 Å². The Kier molecular flexibility index (Phi) is 7.66. The molecule has 0 saturated carbocycles. The number of urea groups is 1. The molecule has 5 heteroatoms. The largest absolute Gasteiger partial charge is 0.491 e. The van der Waals surface area contributed by atoms with Crippen LogP contribution < -0.4 is 15.4 Å². The summed E-state index contributed by atoms with van der Waals surface area (Å²) in [5.41, 5.74) is 3.98. The molecule has 2 N–H and O–H groups in total. The van der Waals surface area contributed by atoms with Gasteiger partial charge in [-0.3, -0.25) is 0 Å². The fraction of sp³-hybridized carbons (Fsp3) is 0.208. The van der Waals surface area contributed by atoms with E-state index in [1.807, 2.05) is 85.8 Å². The number of benzene rings is 3. The lowest BCUT2D eigenvalue weighted by Crippen LogP contribution is -2.28. The van der Waals surface area contributed by atoms with Crippen molar-refractivity contribution in [3.8, 4) is 5.75 Å². The second kappa shape index (κ2) is 10.9. The highest BCUT2D eigenvalue weighted by molar-refractivity contribution is 5.89. The van der Waals surface area contributed by atoms with E-state index in [0.717, 1.165) is 22.6 Å². The third-order valence-electron chi connectivity index (χ3n) is 4.27. The quantitative estimate of drug-likeness (QED) is 0.510. The highest BCUT2D eigenvalue weighted by Crippen LogP contribution is 2.12. The Balaban J connectivity index is 1.38. The number of anilines is 1. The summed E-state index contributed by atoms with van der Waals surface area (Å²) >= 11 is 0. The van der Waals surface area contributed by atoms with Crippen molar-refractivity contribution < 1.29 is 14.3 Å². The van der Waals surface area contributed by atoms with Gasteiger partial charge in [0.25, 0.3) is 0 Å². The smallest absolute Gasteiger partial charge is 0.319 e. The summed E-state index contributed by atoms with van der Waals surface area (Å²) in [7, 11) is 0. The second-order valence-electron chi connectivity index (χ2n) is 6.71. The molecular formula is C24H26N2O3. The van der Waals surface area contributed by atoms with E-state index in [1.54, 1.807) is 0 Å². The summed E-state index contributed by atoms with van der Waals surface area (Å²) in [5.74, 6) is 0.832. The Labute approximate surface area is 171 Å². The molecule has 0 fully saturated rings. The zero-order chi connectivity index (χ0) is 20.3. The zero-order valence-corrected chi connectivity index (χ0v) is 16.6. The van der Waals surface area contributed by atoms with Crippen LogP contribution in [0.25, 0.3) is 0 Å². The maximum Gasteiger partial charge on any atom is 0.319 e. The van der Waals surface area contributed by atoms with Gasteiger partial charge in [-0.1, -0.05) is 60.2 Å². The first-order chi connectivity index (χ1) is 14.2. The number of carbonyl (C=O) groups excluding carboxylic acids is 1. The maximum absolute atomic E-state index is 12.1. The molecule has 3 aromatic rings. The summed E-state index contributed by atoms with van der Waals surface area (Å²) < 4.78 is 11.3. The van der Waals surface area contributed by atoms with Gasteiger partial charge in [-0.25, -0.2) is 4.79 Å². The Morgan fingerprint density at radius 2 is 1.66 bits per heavy atom. The maximum atomic E-state index is 12.1. The van der Waals surface area contributed by atoms with Gasteiger partial charge < -0.3 is 20.1 Å². The summed E-state index contributed by atoms with van der Waals surface area (Å²) in [6.07, 6.45) is 0. The summed E-state index contributed by atoms with van der Waals surface area (Å²) in [5, 5.41) is 5.72. The molecule has 0 saturated heterocycles. The van der Waals surface area contributed by atoms with Crippen LogP contribution in [0, 0.1) is 6.92 Å². The molecule has 29 heavy (non-hydrogen) atoms. The van der Waals surface area contributed by atoms with E-state index in [0.29, 0.717) is 26.4 Å². The van der Waals surface area contributed by atoms with Gasteiger partial charge in [-0.15, -0.1) is 0 Å². The highest BCUT2D eigenvalue weighted by atomic mass is 16.5. The molecule has 150 valence electrons. The van der Waals surface area contributed by atoms with E-state index in [1.165, 1.54) is 5.56 Å². The number of hydrogen-bond donors (Lipinski definition) is 2. The van der Waals surface area contributed by atoms with Crippen LogP contribution in [0.2, 0.25) is 0 Å². The molecule has 0 aliphatic rings. The first-order valence-corrected chi connectivity index (χ1v) is 9.64. The number of para-hydroxylation sites is 1. The van der Waals surface area contributed by atoms with Crippen LogP contribution in [0.1, 0.15) is 16.7 Å². The first kappa shape index (κ1) is 20.4. The van der Waals surface area contributed by atoms with Crippen molar-refractivity contribution >= 4 is 11.7 Å². The SMILES string of the molecule is Cc1ccc(CNC(=O)Nc2cccc(COCCOc3ccccc3)c2)cc1. The van der Waals surface area contributed by atoms with Crippen LogP contribution in [0.5, 0.6) is 5.75 Å². The Morgan fingerprint density at radius 3 is 2.45 bits per heavy atom. The molecule has 3 aromatic carbocycles. The average molecular weight is 390 g/mol. The van der Waals surface area contributed by atoms with Gasteiger partial charge >= 0.3 is 6.03 Å². The van der Waals surface area contributed by atoms with Gasteiger partial charge in [0.15, 0.2) is 0 Å². The standard InChI is InChI=1S/C24H26N2O3/c1-19-10-12-20(13-11-19)17-25-24(27)26-22-7-5-6-21(16-22)18-28-14-15-29-23-8-3-2-4-9-23/h2-13,16H,14-15,17-18H2,1H3,(H2,25,26,27). The number of amides is 2. The normalized spacial score (nSPS) is 10.4. The van der Waals surface area contributed by atoms with Crippen molar-refractivity contribution in [1.29, 1.82) is 0 Å². The lowest BCUT2D eigenvalue weighted by atomic mass is 10.1. The molecule has 0 unspecified atom stereocenters. The third-order valence-corrected chi connectivity index (χ3v) is 4.27. The van der Waals surface area contributed by atoms with Gasteiger partial charge in [0.2, 0.25) is 0 Å². The van der Waals surface area contributed by atoms with E-state index in [2.05, 4.69) is 10.6 Å². The number of ether oxygens (including phenoxy) is 2. The van der Waals surface area contributed by atoms with Crippen molar-refractivity contribution in [2.45, 2.75) is 20.1 Å². The second-order valence-corrected chi connectivity index (χ2v) is 6.71. The number of hydrogen-bond acceptors (Lipinski definition) is 3. The first-order valence-electron chi connectivity index (χ1n) is 9.64. The Hall–Kier alpha value is -3.31. The molecule has 3 rings (SSSR count). The molecule has 0 bridgehead atoms. The van der Waals surface area contributed by atoms with Crippen LogP contribution in [0.15, 0.2) is 78.9 Å². The third kappa shape index (κ3) is 7.31. The number of aryl methyl sites for hydroxylation is 1. The van der Waals surface area contributed by atoms with Crippen molar-refractivity contribution in [3.63, 3.8) is 0 Å². The Bertz CT molecular complexity index is 896. The predicted molar refractivity (Wildman–Crippen MR) is 115 cm³/mol. The van der Waals surface area contributed by atoms with Gasteiger partial charge in [-0.2, -0.15) is 0 Å². The monoisotopic (exact) mass is 390 g/mol. The summed E-state index contributed by atoms with van der Waals surface area (Å²) in [6.45, 7) is 3.96. The van der Waals surface area contributed by atoms with Crippen LogP contribution in [0.3, 0.4) is 0 Å². The van der Waals surface area contributed by atoms with Crippen molar-refractivity contribution in [2.24, 2.45) is 0 Å². The van der Waals surface area contributed by atoms with E-state index >= 15 is 0 Å². The van der Waals surface area contributed by atoms with Gasteiger partial charge in [0.1, 0.15) is 12.4 Å². The molecule has 2 amide bonds. The van der Waals surface area contributed by atoms with Crippen molar-refractivity contribution in [2.75, 3.05) is 18.5 Å². The number of rotatable bonds is 9. The lowest BCUT2D eigenvalue weighted by molar-refractivity contribution is 0.0889. The molecule has 0 spiro atoms. The van der Waals surface area contributed by atoms with E-state index in [-0.39, 0.29) is 6.03 Å². The minimum Gasteiger partial charge on any atom is -0.491 e. The number of nitrogens with one attached hydrogen (secondary N) is 2. The van der Waals surface area contributed by atoms with Gasteiger partial charge in [-0.05, 0) is 42.3 Å². The minimum absolute atomic E-state index is 0.236. The summed E-state index contributed by atoms with van der Waals surface area (Å²) in [4.78, 5) is 12.1. The van der Waals surface area contributed by atoms with E-state index in [4.69, 9.17) is 9.47 Å². The van der Waals surface area contributed by atoms with Gasteiger partial charge in [0.05, 0.1) is 13.2 Å². The molecule has 0 atom stereocenters. The average Bonchev–Trinajstić information content (AvgIpc) is 2.74. The van der Waals surface area contributed by atoms with Crippen LogP contribution in [0.4, 0.5) is 10.5 Å². The molecule has 0 radical (unpaired) electrons. The van der Waals surface area contributed by atoms with Crippen LogP contribution in [-0.4, -0.2) is 19.2 Å². The minimum atomic E-state index is -0.236. The Morgan fingerprint density at radius 1 is 0.862 bits per heavy atom. The van der Waals surface area contributed by atoms with E-state index < -0.39 is 0 Å². The zero-order valence-electron chi connectivity index (χ0n) is 16.6. The molecule has 0 aliphatic heterocycles. The van der Waals surface area contributed by atoms with Crippen molar-refractivity contribution in [1.82, 2.24) is 5.32 Å². The molecule has 0 aromatic heterocycles. The molecule has 0 heterocycles. The van der Waals surface area contributed by atoms with Crippen LogP contribution in [-0.2, 0) is 17.9 Å². The molecular weight excluding hydrogens is 364 g/mol.